The SMILES string of the molecule is CCNCOc1ccc(C(=O)C(C)(C)CC)cc1. The molecule has 0 unspecified atom stereocenters. The van der Waals surface area contributed by atoms with Gasteiger partial charge in [0.25, 0.3) is 0 Å². The predicted molar refractivity (Wildman–Crippen MR) is 74.0 cm³/mol. The topological polar surface area (TPSA) is 38.3 Å². The van der Waals surface area contributed by atoms with Crippen LogP contribution in [0.3, 0.4) is 0 Å². The van der Waals surface area contributed by atoms with Gasteiger partial charge < -0.3 is 4.74 Å². The Bertz CT molecular complexity index is 382. The van der Waals surface area contributed by atoms with Crippen molar-refractivity contribution in [1.29, 1.82) is 0 Å². The van der Waals surface area contributed by atoms with E-state index < -0.39 is 0 Å². The highest BCUT2D eigenvalue weighted by Gasteiger charge is 2.26. The maximum atomic E-state index is 12.2. The van der Waals surface area contributed by atoms with Gasteiger partial charge in [0, 0.05) is 11.0 Å². The van der Waals surface area contributed by atoms with E-state index in [-0.39, 0.29) is 11.2 Å². The second-order valence-electron chi connectivity index (χ2n) is 4.98. The summed E-state index contributed by atoms with van der Waals surface area (Å²) in [7, 11) is 0. The molecule has 0 aliphatic carbocycles. The van der Waals surface area contributed by atoms with Crippen molar-refractivity contribution >= 4 is 5.78 Å². The minimum atomic E-state index is -0.299. The molecule has 0 aliphatic heterocycles. The molecule has 0 atom stereocenters. The van der Waals surface area contributed by atoms with Crippen LogP contribution in [-0.2, 0) is 0 Å². The molecule has 0 spiro atoms. The van der Waals surface area contributed by atoms with Crippen LogP contribution in [-0.4, -0.2) is 19.1 Å². The molecule has 3 heteroatoms. The van der Waals surface area contributed by atoms with Gasteiger partial charge >= 0.3 is 0 Å². The number of benzene rings is 1. The Kier molecular flexibility index (Phi) is 5.35. The lowest BCUT2D eigenvalue weighted by atomic mass is 9.82. The molecule has 0 radical (unpaired) electrons. The van der Waals surface area contributed by atoms with Crippen molar-refractivity contribution in [3.05, 3.63) is 29.8 Å². The molecule has 18 heavy (non-hydrogen) atoms. The van der Waals surface area contributed by atoms with Gasteiger partial charge in [-0.2, -0.15) is 0 Å². The summed E-state index contributed by atoms with van der Waals surface area (Å²) >= 11 is 0. The van der Waals surface area contributed by atoms with Crippen LogP contribution in [0.4, 0.5) is 0 Å². The van der Waals surface area contributed by atoms with E-state index in [4.69, 9.17) is 4.74 Å². The van der Waals surface area contributed by atoms with E-state index in [0.29, 0.717) is 6.73 Å². The average molecular weight is 249 g/mol. The fraction of sp³-hybridized carbons (Fsp3) is 0.533. The highest BCUT2D eigenvalue weighted by Crippen LogP contribution is 2.26. The fourth-order valence-corrected chi connectivity index (χ4v) is 1.49. The molecule has 1 aromatic carbocycles. The smallest absolute Gasteiger partial charge is 0.168 e. The molecule has 1 aromatic rings. The minimum absolute atomic E-state index is 0.184. The summed E-state index contributed by atoms with van der Waals surface area (Å²) in [5.74, 6) is 0.963. The Morgan fingerprint density at radius 3 is 2.33 bits per heavy atom. The summed E-state index contributed by atoms with van der Waals surface area (Å²) in [4.78, 5) is 12.2. The van der Waals surface area contributed by atoms with Crippen molar-refractivity contribution in [3.8, 4) is 5.75 Å². The molecule has 0 aliphatic rings. The van der Waals surface area contributed by atoms with Gasteiger partial charge in [0.15, 0.2) is 5.78 Å². The number of hydrogen-bond donors (Lipinski definition) is 1. The molecule has 0 saturated heterocycles. The third kappa shape index (κ3) is 3.84. The minimum Gasteiger partial charge on any atom is -0.478 e. The van der Waals surface area contributed by atoms with Crippen LogP contribution >= 0.6 is 0 Å². The second-order valence-corrected chi connectivity index (χ2v) is 4.98. The monoisotopic (exact) mass is 249 g/mol. The quantitative estimate of drug-likeness (QED) is 0.458. The van der Waals surface area contributed by atoms with E-state index in [1.165, 1.54) is 0 Å². The lowest BCUT2D eigenvalue weighted by molar-refractivity contribution is 0.0833. The van der Waals surface area contributed by atoms with E-state index in [0.717, 1.165) is 24.3 Å². The van der Waals surface area contributed by atoms with Gasteiger partial charge in [0.1, 0.15) is 12.5 Å². The van der Waals surface area contributed by atoms with Crippen molar-refractivity contribution in [2.45, 2.75) is 34.1 Å². The van der Waals surface area contributed by atoms with Crippen molar-refractivity contribution in [2.24, 2.45) is 5.41 Å². The highest BCUT2D eigenvalue weighted by atomic mass is 16.5. The Balaban J connectivity index is 2.68. The maximum Gasteiger partial charge on any atom is 0.168 e. The van der Waals surface area contributed by atoms with E-state index in [2.05, 4.69) is 5.32 Å². The number of ether oxygens (including phenoxy) is 1. The van der Waals surface area contributed by atoms with E-state index in [1.54, 1.807) is 0 Å². The molecule has 100 valence electrons. The maximum absolute atomic E-state index is 12.2. The highest BCUT2D eigenvalue weighted by molar-refractivity contribution is 6.00. The van der Waals surface area contributed by atoms with E-state index in [1.807, 2.05) is 52.0 Å². The fourth-order valence-electron chi connectivity index (χ4n) is 1.49. The van der Waals surface area contributed by atoms with Crippen LogP contribution < -0.4 is 10.1 Å². The van der Waals surface area contributed by atoms with Crippen molar-refractivity contribution in [3.63, 3.8) is 0 Å². The normalized spacial score (nSPS) is 11.3. The van der Waals surface area contributed by atoms with Gasteiger partial charge in [0.2, 0.25) is 0 Å². The molecular weight excluding hydrogens is 226 g/mol. The molecule has 0 aromatic heterocycles. The summed E-state index contributed by atoms with van der Waals surface area (Å²) in [6.07, 6.45) is 0.838. The van der Waals surface area contributed by atoms with E-state index in [9.17, 15) is 4.79 Å². The van der Waals surface area contributed by atoms with Crippen LogP contribution in [0, 0.1) is 5.41 Å². The molecule has 1 rings (SSSR count). The molecule has 0 saturated carbocycles. The largest absolute Gasteiger partial charge is 0.478 e. The van der Waals surface area contributed by atoms with Gasteiger partial charge in [-0.25, -0.2) is 0 Å². The first kappa shape index (κ1) is 14.7. The number of carbonyl (C=O) groups excluding carboxylic acids is 1. The van der Waals surface area contributed by atoms with Crippen LogP contribution in [0.15, 0.2) is 24.3 Å². The average Bonchev–Trinajstić information content (AvgIpc) is 2.39. The molecule has 0 heterocycles. The third-order valence-corrected chi connectivity index (χ3v) is 3.21. The molecular formula is C15H23NO2. The van der Waals surface area contributed by atoms with Crippen molar-refractivity contribution in [2.75, 3.05) is 13.3 Å². The van der Waals surface area contributed by atoms with E-state index >= 15 is 0 Å². The van der Waals surface area contributed by atoms with Gasteiger partial charge in [-0.3, -0.25) is 10.1 Å². The first-order chi connectivity index (χ1) is 8.51. The Morgan fingerprint density at radius 2 is 1.83 bits per heavy atom. The zero-order valence-electron chi connectivity index (χ0n) is 11.7. The Labute approximate surface area is 110 Å². The zero-order valence-corrected chi connectivity index (χ0v) is 11.7. The first-order valence-corrected chi connectivity index (χ1v) is 6.49. The summed E-state index contributed by atoms with van der Waals surface area (Å²) in [5, 5.41) is 3.08. The van der Waals surface area contributed by atoms with Gasteiger partial charge in [-0.15, -0.1) is 0 Å². The number of ketones is 1. The molecule has 0 fully saturated rings. The number of carbonyl (C=O) groups is 1. The number of nitrogens with one attached hydrogen (secondary N) is 1. The lowest BCUT2D eigenvalue weighted by Crippen LogP contribution is -2.23. The van der Waals surface area contributed by atoms with Crippen molar-refractivity contribution < 1.29 is 9.53 Å². The summed E-state index contributed by atoms with van der Waals surface area (Å²) in [6, 6.07) is 7.36. The van der Waals surface area contributed by atoms with Gasteiger partial charge in [-0.1, -0.05) is 27.7 Å². The summed E-state index contributed by atoms with van der Waals surface area (Å²) < 4.78 is 5.47. The van der Waals surface area contributed by atoms with Gasteiger partial charge in [0.05, 0.1) is 0 Å². The van der Waals surface area contributed by atoms with Crippen LogP contribution in [0.5, 0.6) is 5.75 Å². The molecule has 3 nitrogen and oxygen atoms in total. The third-order valence-electron chi connectivity index (χ3n) is 3.21. The van der Waals surface area contributed by atoms with Crippen LogP contribution in [0.1, 0.15) is 44.5 Å². The lowest BCUT2D eigenvalue weighted by Gasteiger charge is -2.20. The standard InChI is InChI=1S/C15H23NO2/c1-5-15(3,4)14(17)12-7-9-13(10-8-12)18-11-16-6-2/h7-10,16H,5-6,11H2,1-4H3. The summed E-state index contributed by atoms with van der Waals surface area (Å²) in [6.45, 7) is 9.38. The predicted octanol–water partition coefficient (Wildman–Crippen LogP) is 3.25. The number of rotatable bonds is 7. The molecule has 1 N–H and O–H groups in total. The Morgan fingerprint density at radius 1 is 1.22 bits per heavy atom. The number of Topliss-reactive ketones (excluding diaryl/α,β-unsaturated/α-hetero) is 1. The first-order valence-electron chi connectivity index (χ1n) is 6.49. The number of hydrogen-bond acceptors (Lipinski definition) is 3. The second kappa shape index (κ2) is 6.55. The summed E-state index contributed by atoms with van der Waals surface area (Å²) in [5.41, 5.74) is 0.448. The molecule has 0 bridgehead atoms. The zero-order chi connectivity index (χ0) is 13.6. The Hall–Kier alpha value is -1.35. The van der Waals surface area contributed by atoms with Gasteiger partial charge in [-0.05, 0) is 37.2 Å². The molecule has 0 amide bonds. The van der Waals surface area contributed by atoms with Crippen LogP contribution in [0.2, 0.25) is 0 Å². The van der Waals surface area contributed by atoms with Crippen molar-refractivity contribution in [1.82, 2.24) is 5.32 Å². The van der Waals surface area contributed by atoms with Crippen LogP contribution in [0.25, 0.3) is 0 Å².